The Morgan fingerprint density at radius 3 is 2.83 bits per heavy atom. The van der Waals surface area contributed by atoms with Gasteiger partial charge in [-0.25, -0.2) is 0 Å². The SMILES string of the molecule is O=C(O)C1CC(=O)N(c2cccc(-c3noc(C4CCC4)n3)c2)C1. The van der Waals surface area contributed by atoms with Crippen molar-refractivity contribution in [1.29, 1.82) is 0 Å². The van der Waals surface area contributed by atoms with Gasteiger partial charge in [0.05, 0.1) is 5.92 Å². The van der Waals surface area contributed by atoms with Gasteiger partial charge >= 0.3 is 5.97 Å². The number of hydrogen-bond donors (Lipinski definition) is 1. The van der Waals surface area contributed by atoms with Gasteiger partial charge < -0.3 is 14.5 Å². The highest BCUT2D eigenvalue weighted by Crippen LogP contribution is 2.36. The van der Waals surface area contributed by atoms with Crippen molar-refractivity contribution in [2.45, 2.75) is 31.6 Å². The number of carboxylic acid groups (broad SMARTS) is 1. The highest BCUT2D eigenvalue weighted by atomic mass is 16.5. The van der Waals surface area contributed by atoms with Gasteiger partial charge in [0, 0.05) is 30.1 Å². The lowest BCUT2D eigenvalue weighted by Crippen LogP contribution is -2.25. The number of rotatable bonds is 4. The summed E-state index contributed by atoms with van der Waals surface area (Å²) in [6, 6.07) is 7.26. The Hall–Kier alpha value is -2.70. The summed E-state index contributed by atoms with van der Waals surface area (Å²) in [5, 5.41) is 13.1. The fourth-order valence-corrected chi connectivity index (χ4v) is 3.11. The number of hydrogen-bond acceptors (Lipinski definition) is 5. The smallest absolute Gasteiger partial charge is 0.308 e. The van der Waals surface area contributed by atoms with Gasteiger partial charge in [0.25, 0.3) is 0 Å². The van der Waals surface area contributed by atoms with Gasteiger partial charge in [0.2, 0.25) is 17.6 Å². The second-order valence-electron chi connectivity index (χ2n) is 6.38. The molecule has 7 nitrogen and oxygen atoms in total. The van der Waals surface area contributed by atoms with Crippen LogP contribution < -0.4 is 4.90 Å². The molecule has 1 saturated carbocycles. The molecule has 0 bridgehead atoms. The van der Waals surface area contributed by atoms with Crippen LogP contribution in [-0.2, 0) is 9.59 Å². The lowest BCUT2D eigenvalue weighted by atomic mass is 9.85. The first-order valence-electron chi connectivity index (χ1n) is 8.09. The molecule has 2 fully saturated rings. The number of carboxylic acids is 1. The van der Waals surface area contributed by atoms with Crippen molar-refractivity contribution in [2.24, 2.45) is 5.92 Å². The molecule has 1 N–H and O–H groups in total. The van der Waals surface area contributed by atoms with Crippen molar-refractivity contribution in [3.8, 4) is 11.4 Å². The van der Waals surface area contributed by atoms with E-state index >= 15 is 0 Å². The van der Waals surface area contributed by atoms with Gasteiger partial charge in [-0.3, -0.25) is 9.59 Å². The molecule has 1 saturated heterocycles. The van der Waals surface area contributed by atoms with Crippen LogP contribution in [0, 0.1) is 5.92 Å². The van der Waals surface area contributed by atoms with Crippen LogP contribution in [0.25, 0.3) is 11.4 Å². The first kappa shape index (κ1) is 14.9. The molecule has 1 aliphatic carbocycles. The van der Waals surface area contributed by atoms with Gasteiger partial charge in [-0.2, -0.15) is 4.98 Å². The third-order valence-electron chi connectivity index (χ3n) is 4.79. The van der Waals surface area contributed by atoms with Gasteiger partial charge in [-0.15, -0.1) is 0 Å². The second kappa shape index (κ2) is 5.74. The molecule has 1 aromatic heterocycles. The Morgan fingerprint density at radius 1 is 1.33 bits per heavy atom. The Morgan fingerprint density at radius 2 is 2.17 bits per heavy atom. The maximum atomic E-state index is 12.1. The number of aromatic nitrogens is 2. The van der Waals surface area contributed by atoms with E-state index in [-0.39, 0.29) is 18.9 Å². The van der Waals surface area contributed by atoms with Crippen LogP contribution in [0.2, 0.25) is 0 Å². The number of carbonyl (C=O) groups is 2. The topological polar surface area (TPSA) is 96.5 Å². The molecule has 2 heterocycles. The molecular formula is C17H17N3O4. The lowest BCUT2D eigenvalue weighted by molar-refractivity contribution is -0.141. The zero-order chi connectivity index (χ0) is 16.7. The zero-order valence-corrected chi connectivity index (χ0v) is 13.0. The number of amides is 1. The fourth-order valence-electron chi connectivity index (χ4n) is 3.11. The van der Waals surface area contributed by atoms with Crippen molar-refractivity contribution >= 4 is 17.6 Å². The Balaban J connectivity index is 1.58. The third-order valence-corrected chi connectivity index (χ3v) is 4.79. The minimum atomic E-state index is -0.940. The van der Waals surface area contributed by atoms with Crippen molar-refractivity contribution in [3.63, 3.8) is 0 Å². The van der Waals surface area contributed by atoms with Crippen LogP contribution >= 0.6 is 0 Å². The Bertz CT molecular complexity index is 797. The standard InChI is InChI=1S/C17H17N3O4/c21-14-8-12(17(22)23)9-20(14)13-6-2-5-11(7-13)15-18-16(24-19-15)10-3-1-4-10/h2,5-7,10,12H,1,3-4,8-9H2,(H,22,23). The highest BCUT2D eigenvalue weighted by Gasteiger charge is 2.35. The summed E-state index contributed by atoms with van der Waals surface area (Å²) >= 11 is 0. The summed E-state index contributed by atoms with van der Waals surface area (Å²) in [5.74, 6) is -0.236. The van der Waals surface area contributed by atoms with E-state index in [9.17, 15) is 9.59 Å². The predicted octanol–water partition coefficient (Wildman–Crippen LogP) is 2.44. The third kappa shape index (κ3) is 2.55. The molecule has 7 heteroatoms. The molecule has 2 aromatic rings. The van der Waals surface area contributed by atoms with Crippen molar-refractivity contribution in [1.82, 2.24) is 10.1 Å². The predicted molar refractivity (Wildman–Crippen MR) is 84.4 cm³/mol. The molecule has 0 radical (unpaired) electrons. The second-order valence-corrected chi connectivity index (χ2v) is 6.38. The highest BCUT2D eigenvalue weighted by molar-refractivity contribution is 5.99. The van der Waals surface area contributed by atoms with E-state index in [1.54, 1.807) is 12.1 Å². The van der Waals surface area contributed by atoms with Gasteiger partial charge in [0.1, 0.15) is 0 Å². The van der Waals surface area contributed by atoms with E-state index in [1.165, 1.54) is 11.3 Å². The summed E-state index contributed by atoms with van der Waals surface area (Å²) < 4.78 is 5.34. The van der Waals surface area contributed by atoms with E-state index in [0.717, 1.165) is 18.4 Å². The summed E-state index contributed by atoms with van der Waals surface area (Å²) in [4.78, 5) is 29.2. The van der Waals surface area contributed by atoms with E-state index in [2.05, 4.69) is 10.1 Å². The normalized spacial score (nSPS) is 21.1. The van der Waals surface area contributed by atoms with Gasteiger partial charge in [0.15, 0.2) is 0 Å². The molecule has 24 heavy (non-hydrogen) atoms. The summed E-state index contributed by atoms with van der Waals surface area (Å²) in [6.45, 7) is 0.192. The molecular weight excluding hydrogens is 310 g/mol. The molecule has 1 amide bonds. The van der Waals surface area contributed by atoms with Gasteiger partial charge in [-0.05, 0) is 25.0 Å². The maximum Gasteiger partial charge on any atom is 0.308 e. The van der Waals surface area contributed by atoms with Crippen LogP contribution in [0.5, 0.6) is 0 Å². The molecule has 0 spiro atoms. The van der Waals surface area contributed by atoms with Crippen LogP contribution in [0.4, 0.5) is 5.69 Å². The van der Waals surface area contributed by atoms with Crippen LogP contribution in [-0.4, -0.2) is 33.7 Å². The van der Waals surface area contributed by atoms with E-state index in [4.69, 9.17) is 9.63 Å². The monoisotopic (exact) mass is 327 g/mol. The number of benzene rings is 1. The molecule has 2 aliphatic rings. The van der Waals surface area contributed by atoms with Crippen molar-refractivity contribution < 1.29 is 19.2 Å². The molecule has 1 unspecified atom stereocenters. The van der Waals surface area contributed by atoms with E-state index in [0.29, 0.717) is 23.3 Å². The minimum Gasteiger partial charge on any atom is -0.481 e. The first-order chi connectivity index (χ1) is 11.6. The average molecular weight is 327 g/mol. The maximum absolute atomic E-state index is 12.1. The summed E-state index contributed by atoms with van der Waals surface area (Å²) in [6.07, 6.45) is 3.40. The Kier molecular flexibility index (Phi) is 3.55. The number of anilines is 1. The van der Waals surface area contributed by atoms with E-state index < -0.39 is 11.9 Å². The lowest BCUT2D eigenvalue weighted by Gasteiger charge is -2.20. The minimum absolute atomic E-state index is 0.0353. The summed E-state index contributed by atoms with van der Waals surface area (Å²) in [5.41, 5.74) is 1.42. The molecule has 124 valence electrons. The van der Waals surface area contributed by atoms with Crippen LogP contribution in [0.3, 0.4) is 0 Å². The molecule has 1 atom stereocenters. The zero-order valence-electron chi connectivity index (χ0n) is 13.0. The van der Waals surface area contributed by atoms with Crippen molar-refractivity contribution in [3.05, 3.63) is 30.2 Å². The average Bonchev–Trinajstić information content (AvgIpc) is 3.13. The first-order valence-corrected chi connectivity index (χ1v) is 8.09. The number of carbonyl (C=O) groups excluding carboxylic acids is 1. The quantitative estimate of drug-likeness (QED) is 0.926. The molecule has 1 aliphatic heterocycles. The van der Waals surface area contributed by atoms with Crippen molar-refractivity contribution in [2.75, 3.05) is 11.4 Å². The van der Waals surface area contributed by atoms with Gasteiger partial charge in [-0.1, -0.05) is 23.7 Å². The number of aliphatic carboxylic acids is 1. The van der Waals surface area contributed by atoms with Crippen LogP contribution in [0.15, 0.2) is 28.8 Å². The fraction of sp³-hybridized carbons (Fsp3) is 0.412. The number of nitrogens with zero attached hydrogens (tertiary/aromatic N) is 3. The van der Waals surface area contributed by atoms with Crippen LogP contribution in [0.1, 0.15) is 37.5 Å². The molecule has 4 rings (SSSR count). The molecule has 1 aromatic carbocycles. The largest absolute Gasteiger partial charge is 0.481 e. The van der Waals surface area contributed by atoms with E-state index in [1.807, 2.05) is 12.1 Å². The Labute approximate surface area is 138 Å². The summed E-state index contributed by atoms with van der Waals surface area (Å²) in [7, 11) is 0.